The minimum Gasteiger partial charge on any atom is -0.292 e. The third kappa shape index (κ3) is 2.99. The normalized spacial score (nSPS) is 21.9. The van der Waals surface area contributed by atoms with Crippen molar-refractivity contribution in [3.05, 3.63) is 81.7 Å². The second-order valence-electron chi connectivity index (χ2n) is 5.66. The fourth-order valence-corrected chi connectivity index (χ4v) is 3.13. The predicted octanol–water partition coefficient (Wildman–Crippen LogP) is 3.07. The lowest BCUT2D eigenvalue weighted by atomic mass is 9.94. The van der Waals surface area contributed by atoms with E-state index in [-0.39, 0.29) is 10.7 Å². The highest BCUT2D eigenvalue weighted by atomic mass is 19.1. The second-order valence-corrected chi connectivity index (χ2v) is 5.66. The third-order valence-electron chi connectivity index (χ3n) is 4.19. The quantitative estimate of drug-likeness (QED) is 0.644. The molecule has 1 heterocycles. The van der Waals surface area contributed by atoms with Crippen LogP contribution < -0.4 is 0 Å². The van der Waals surface area contributed by atoms with E-state index in [1.54, 1.807) is 18.2 Å². The fourth-order valence-electron chi connectivity index (χ4n) is 3.13. The Morgan fingerprint density at radius 1 is 1.09 bits per heavy atom. The molecule has 0 radical (unpaired) electrons. The topological polar surface area (TPSA) is 46.4 Å². The zero-order chi connectivity index (χ0) is 15.5. The van der Waals surface area contributed by atoms with Gasteiger partial charge in [0.05, 0.1) is 12.5 Å². The Hall–Kier alpha value is -2.27. The molecule has 5 heteroatoms. The molecule has 0 aliphatic carbocycles. The standard InChI is InChI=1S/C17H17FN2O2/c18-16-9-5-4-8-14(16)15-11-19(12-17(15)20(21)22)10-13-6-2-1-3-7-13/h1-9,15,17H,10-12H2/t15-,17?/m1/s1. The highest BCUT2D eigenvalue weighted by Crippen LogP contribution is 2.31. The molecule has 0 N–H and O–H groups in total. The van der Waals surface area contributed by atoms with E-state index >= 15 is 0 Å². The van der Waals surface area contributed by atoms with Crippen molar-refractivity contribution < 1.29 is 9.31 Å². The molecule has 0 bridgehead atoms. The average Bonchev–Trinajstić information content (AvgIpc) is 2.92. The fraction of sp³-hybridized carbons (Fsp3) is 0.294. The summed E-state index contributed by atoms with van der Waals surface area (Å²) in [5.41, 5.74) is 1.55. The van der Waals surface area contributed by atoms with Gasteiger partial charge in [-0.25, -0.2) is 4.39 Å². The lowest BCUT2D eigenvalue weighted by Crippen LogP contribution is -2.28. The van der Waals surface area contributed by atoms with Gasteiger partial charge in [-0.1, -0.05) is 48.5 Å². The van der Waals surface area contributed by atoms with Crippen molar-refractivity contribution in [3.8, 4) is 0 Å². The van der Waals surface area contributed by atoms with Crippen molar-refractivity contribution in [2.24, 2.45) is 0 Å². The van der Waals surface area contributed by atoms with Crippen LogP contribution in [0, 0.1) is 15.9 Å². The van der Waals surface area contributed by atoms with E-state index in [2.05, 4.69) is 0 Å². The van der Waals surface area contributed by atoms with Crippen LogP contribution in [0.25, 0.3) is 0 Å². The summed E-state index contributed by atoms with van der Waals surface area (Å²) >= 11 is 0. The van der Waals surface area contributed by atoms with Gasteiger partial charge in [-0.15, -0.1) is 0 Å². The van der Waals surface area contributed by atoms with Crippen LogP contribution in [0.4, 0.5) is 4.39 Å². The van der Waals surface area contributed by atoms with Gasteiger partial charge in [0.1, 0.15) is 5.82 Å². The van der Waals surface area contributed by atoms with Crippen molar-refractivity contribution in [3.63, 3.8) is 0 Å². The van der Waals surface area contributed by atoms with E-state index in [9.17, 15) is 14.5 Å². The number of nitro groups is 1. The summed E-state index contributed by atoms with van der Waals surface area (Å²) in [5, 5.41) is 11.4. The molecule has 2 aromatic rings. The minimum atomic E-state index is -0.763. The Labute approximate surface area is 128 Å². The molecular weight excluding hydrogens is 283 g/mol. The monoisotopic (exact) mass is 300 g/mol. The first kappa shape index (κ1) is 14.7. The molecule has 0 aromatic heterocycles. The van der Waals surface area contributed by atoms with Crippen molar-refractivity contribution >= 4 is 0 Å². The smallest absolute Gasteiger partial charge is 0.233 e. The van der Waals surface area contributed by atoms with Crippen LogP contribution in [0.2, 0.25) is 0 Å². The van der Waals surface area contributed by atoms with E-state index in [1.807, 2.05) is 35.2 Å². The number of hydrogen-bond acceptors (Lipinski definition) is 3. The third-order valence-corrected chi connectivity index (χ3v) is 4.19. The van der Waals surface area contributed by atoms with Gasteiger partial charge in [0.15, 0.2) is 0 Å². The zero-order valence-corrected chi connectivity index (χ0v) is 12.1. The van der Waals surface area contributed by atoms with Gasteiger partial charge >= 0.3 is 0 Å². The van der Waals surface area contributed by atoms with Gasteiger partial charge in [0, 0.05) is 18.0 Å². The van der Waals surface area contributed by atoms with Crippen LogP contribution in [-0.4, -0.2) is 29.0 Å². The zero-order valence-electron chi connectivity index (χ0n) is 12.1. The van der Waals surface area contributed by atoms with E-state index in [1.165, 1.54) is 6.07 Å². The summed E-state index contributed by atoms with van der Waals surface area (Å²) < 4.78 is 14.0. The number of benzene rings is 2. The van der Waals surface area contributed by atoms with Crippen molar-refractivity contribution in [2.75, 3.05) is 13.1 Å². The minimum absolute atomic E-state index is 0.276. The Balaban J connectivity index is 1.81. The second kappa shape index (κ2) is 6.23. The summed E-state index contributed by atoms with van der Waals surface area (Å²) in [6.07, 6.45) is 0. The molecule has 0 amide bonds. The Morgan fingerprint density at radius 2 is 1.77 bits per heavy atom. The highest BCUT2D eigenvalue weighted by Gasteiger charge is 2.42. The largest absolute Gasteiger partial charge is 0.292 e. The molecule has 3 rings (SSSR count). The SMILES string of the molecule is O=[N+]([O-])C1CN(Cc2ccccc2)C[C@@H]1c1ccccc1F. The summed E-state index contributed by atoms with van der Waals surface area (Å²) in [5.74, 6) is -0.763. The Morgan fingerprint density at radius 3 is 2.45 bits per heavy atom. The summed E-state index contributed by atoms with van der Waals surface area (Å²) in [7, 11) is 0. The maximum absolute atomic E-state index is 14.0. The molecular formula is C17H17FN2O2. The lowest BCUT2D eigenvalue weighted by molar-refractivity contribution is -0.521. The molecule has 1 fully saturated rings. The maximum atomic E-state index is 14.0. The number of hydrogen-bond donors (Lipinski definition) is 0. The molecule has 1 saturated heterocycles. The van der Waals surface area contributed by atoms with Gasteiger partial charge in [0.25, 0.3) is 0 Å². The predicted molar refractivity (Wildman–Crippen MR) is 81.6 cm³/mol. The van der Waals surface area contributed by atoms with Crippen LogP contribution >= 0.6 is 0 Å². The molecule has 0 saturated carbocycles. The molecule has 114 valence electrons. The van der Waals surface area contributed by atoms with Crippen LogP contribution in [0.3, 0.4) is 0 Å². The number of nitrogens with zero attached hydrogens (tertiary/aromatic N) is 2. The molecule has 1 aliphatic heterocycles. The van der Waals surface area contributed by atoms with Crippen molar-refractivity contribution in [1.82, 2.24) is 4.90 Å². The van der Waals surface area contributed by atoms with Crippen LogP contribution in [0.15, 0.2) is 54.6 Å². The van der Waals surface area contributed by atoms with Crippen LogP contribution in [0.1, 0.15) is 17.0 Å². The average molecular weight is 300 g/mol. The van der Waals surface area contributed by atoms with E-state index in [0.29, 0.717) is 25.2 Å². The van der Waals surface area contributed by atoms with Crippen LogP contribution in [-0.2, 0) is 6.54 Å². The highest BCUT2D eigenvalue weighted by molar-refractivity contribution is 5.25. The molecule has 2 aromatic carbocycles. The summed E-state index contributed by atoms with van der Waals surface area (Å²) in [6, 6.07) is 15.4. The maximum Gasteiger partial charge on any atom is 0.233 e. The van der Waals surface area contributed by atoms with Crippen molar-refractivity contribution in [2.45, 2.75) is 18.5 Å². The van der Waals surface area contributed by atoms with Gasteiger partial charge in [-0.2, -0.15) is 0 Å². The van der Waals surface area contributed by atoms with E-state index in [4.69, 9.17) is 0 Å². The van der Waals surface area contributed by atoms with Crippen molar-refractivity contribution in [1.29, 1.82) is 0 Å². The van der Waals surface area contributed by atoms with Gasteiger partial charge < -0.3 is 0 Å². The first-order valence-corrected chi connectivity index (χ1v) is 7.29. The first-order valence-electron chi connectivity index (χ1n) is 7.29. The van der Waals surface area contributed by atoms with Crippen LogP contribution in [0.5, 0.6) is 0 Å². The summed E-state index contributed by atoms with van der Waals surface area (Å²) in [6.45, 7) is 1.50. The Kier molecular flexibility index (Phi) is 4.15. The number of rotatable bonds is 4. The summed E-state index contributed by atoms with van der Waals surface area (Å²) in [4.78, 5) is 13.1. The lowest BCUT2D eigenvalue weighted by Gasteiger charge is -2.15. The molecule has 1 unspecified atom stereocenters. The molecule has 1 aliphatic rings. The van der Waals surface area contributed by atoms with Gasteiger partial charge in [0.2, 0.25) is 6.04 Å². The molecule has 4 nitrogen and oxygen atoms in total. The molecule has 2 atom stereocenters. The first-order chi connectivity index (χ1) is 10.6. The number of halogens is 1. The number of likely N-dealkylation sites (tertiary alicyclic amines) is 1. The van der Waals surface area contributed by atoms with Gasteiger partial charge in [-0.05, 0) is 17.2 Å². The van der Waals surface area contributed by atoms with Gasteiger partial charge in [-0.3, -0.25) is 15.0 Å². The molecule has 22 heavy (non-hydrogen) atoms. The van der Waals surface area contributed by atoms with E-state index in [0.717, 1.165) is 5.56 Å². The molecule has 0 spiro atoms. The Bertz CT molecular complexity index is 663. The van der Waals surface area contributed by atoms with E-state index < -0.39 is 12.0 Å².